The average Bonchev–Trinajstić information content (AvgIpc) is 2.40. The first-order chi connectivity index (χ1) is 9.58. The van der Waals surface area contributed by atoms with Crippen LogP contribution in [0.5, 0.6) is 0 Å². The van der Waals surface area contributed by atoms with Crippen molar-refractivity contribution in [2.24, 2.45) is 0 Å². The number of rotatable bonds is 10. The SMILES string of the molecule is OP(O)CCCCc1[c]ccc(CCCCP(O)O)c1. The average molecular weight is 317 g/mol. The third-order valence-electron chi connectivity index (χ3n) is 3.05. The molecule has 6 heteroatoms. The minimum Gasteiger partial charge on any atom is -0.350 e. The second-order valence-corrected chi connectivity index (χ2v) is 7.21. The number of hydrogen-bond donors (Lipinski definition) is 4. The van der Waals surface area contributed by atoms with Crippen molar-refractivity contribution in [1.29, 1.82) is 0 Å². The molecule has 4 N–H and O–H groups in total. The van der Waals surface area contributed by atoms with E-state index in [4.69, 9.17) is 19.6 Å². The summed E-state index contributed by atoms with van der Waals surface area (Å²) in [6.45, 7) is 0. The van der Waals surface area contributed by atoms with E-state index in [-0.39, 0.29) is 0 Å². The molecule has 20 heavy (non-hydrogen) atoms. The summed E-state index contributed by atoms with van der Waals surface area (Å²) in [6.07, 6.45) is 6.41. The van der Waals surface area contributed by atoms with Crippen LogP contribution >= 0.6 is 16.8 Å². The van der Waals surface area contributed by atoms with E-state index in [0.29, 0.717) is 12.3 Å². The predicted molar refractivity (Wildman–Crippen MR) is 83.6 cm³/mol. The van der Waals surface area contributed by atoms with Crippen LogP contribution in [0.4, 0.5) is 0 Å². The van der Waals surface area contributed by atoms with E-state index in [1.165, 1.54) is 5.56 Å². The first-order valence-corrected chi connectivity index (χ1v) is 9.74. The van der Waals surface area contributed by atoms with Crippen molar-refractivity contribution < 1.29 is 19.6 Å². The van der Waals surface area contributed by atoms with Crippen molar-refractivity contribution in [1.82, 2.24) is 0 Å². The first-order valence-electron chi connectivity index (χ1n) is 6.88. The fourth-order valence-corrected chi connectivity index (χ4v) is 3.03. The Morgan fingerprint density at radius 3 is 2.05 bits per heavy atom. The number of hydrogen-bond acceptors (Lipinski definition) is 4. The van der Waals surface area contributed by atoms with Crippen molar-refractivity contribution in [3.63, 3.8) is 0 Å². The maximum atomic E-state index is 8.83. The molecule has 0 fully saturated rings. The number of benzene rings is 1. The van der Waals surface area contributed by atoms with Crippen molar-refractivity contribution in [2.75, 3.05) is 12.3 Å². The molecule has 0 aromatic heterocycles. The Balaban J connectivity index is 2.26. The van der Waals surface area contributed by atoms with E-state index in [2.05, 4.69) is 12.1 Å². The molecule has 0 aliphatic rings. The molecule has 0 saturated heterocycles. The lowest BCUT2D eigenvalue weighted by Gasteiger charge is -2.06. The quantitative estimate of drug-likeness (QED) is 0.395. The van der Waals surface area contributed by atoms with Crippen LogP contribution in [0.3, 0.4) is 0 Å². The summed E-state index contributed by atoms with van der Waals surface area (Å²) in [5, 5.41) is 0. The fraction of sp³-hybridized carbons (Fsp3) is 0.571. The molecule has 0 atom stereocenters. The Morgan fingerprint density at radius 2 is 1.45 bits per heavy atom. The Morgan fingerprint density at radius 1 is 0.850 bits per heavy atom. The largest absolute Gasteiger partial charge is 0.350 e. The van der Waals surface area contributed by atoms with Gasteiger partial charge in [-0.15, -0.1) is 0 Å². The summed E-state index contributed by atoms with van der Waals surface area (Å²) < 4.78 is 0. The standard InChI is InChI=1S/C14H23O4P2/c15-19(16)10-3-1-6-13-8-5-9-14(12-13)7-2-4-11-20(17)18/h5,8,12,15-18H,1-4,6-7,10-11H2. The Hall–Kier alpha value is -0.0800. The lowest BCUT2D eigenvalue weighted by molar-refractivity contribution is 0.478. The minimum absolute atomic E-state index is 0.486. The van der Waals surface area contributed by atoms with Crippen LogP contribution in [0.2, 0.25) is 0 Å². The molecule has 4 nitrogen and oxygen atoms in total. The number of unbranched alkanes of at least 4 members (excludes halogenated alkanes) is 2. The van der Waals surface area contributed by atoms with Gasteiger partial charge in [0.25, 0.3) is 0 Å². The third kappa shape index (κ3) is 8.97. The molecule has 113 valence electrons. The summed E-state index contributed by atoms with van der Waals surface area (Å²) in [5.74, 6) is 0. The van der Waals surface area contributed by atoms with Crippen molar-refractivity contribution in [3.05, 3.63) is 35.4 Å². The van der Waals surface area contributed by atoms with E-state index in [9.17, 15) is 0 Å². The van der Waals surface area contributed by atoms with Crippen molar-refractivity contribution in [3.8, 4) is 0 Å². The summed E-state index contributed by atoms with van der Waals surface area (Å²) >= 11 is 0. The molecule has 1 aromatic carbocycles. The monoisotopic (exact) mass is 317 g/mol. The summed E-state index contributed by atoms with van der Waals surface area (Å²) in [7, 11) is -3.50. The highest BCUT2D eigenvalue weighted by Gasteiger charge is 2.02. The number of aryl methyl sites for hydroxylation is 2. The molecule has 0 heterocycles. The predicted octanol–water partition coefficient (Wildman–Crippen LogP) is 2.73. The van der Waals surface area contributed by atoms with Gasteiger partial charge in [-0.3, -0.25) is 0 Å². The summed E-state index contributed by atoms with van der Waals surface area (Å²) in [6, 6.07) is 9.33. The van der Waals surface area contributed by atoms with E-state index in [0.717, 1.165) is 44.1 Å². The highest BCUT2D eigenvalue weighted by Crippen LogP contribution is 2.25. The van der Waals surface area contributed by atoms with Gasteiger partial charge in [-0.25, -0.2) is 0 Å². The molecule has 1 aromatic rings. The van der Waals surface area contributed by atoms with Crippen LogP contribution in [-0.4, -0.2) is 31.9 Å². The highest BCUT2D eigenvalue weighted by atomic mass is 31.2. The smallest absolute Gasteiger partial charge is 0.164 e. The Labute approximate surface area is 123 Å². The van der Waals surface area contributed by atoms with E-state index in [1.807, 2.05) is 12.1 Å². The normalized spacial score (nSPS) is 11.5. The van der Waals surface area contributed by atoms with Gasteiger partial charge in [0.2, 0.25) is 0 Å². The van der Waals surface area contributed by atoms with Gasteiger partial charge in [-0.2, -0.15) is 0 Å². The summed E-state index contributed by atoms with van der Waals surface area (Å²) in [5.41, 5.74) is 2.42. The van der Waals surface area contributed by atoms with Gasteiger partial charge in [0.1, 0.15) is 0 Å². The third-order valence-corrected chi connectivity index (χ3v) is 4.49. The lowest BCUT2D eigenvalue weighted by atomic mass is 10.0. The topological polar surface area (TPSA) is 80.9 Å². The first kappa shape index (κ1) is 18.0. The zero-order valence-corrected chi connectivity index (χ0v) is 13.4. The van der Waals surface area contributed by atoms with Gasteiger partial charge in [0.15, 0.2) is 16.8 Å². The van der Waals surface area contributed by atoms with Crippen LogP contribution in [-0.2, 0) is 12.8 Å². The molecule has 0 unspecified atom stereocenters. The van der Waals surface area contributed by atoms with E-state index in [1.54, 1.807) is 0 Å². The van der Waals surface area contributed by atoms with Crippen LogP contribution in [0.1, 0.15) is 36.8 Å². The second-order valence-electron chi connectivity index (χ2n) is 4.83. The maximum Gasteiger partial charge on any atom is 0.164 e. The van der Waals surface area contributed by atoms with E-state index < -0.39 is 16.8 Å². The van der Waals surface area contributed by atoms with E-state index >= 15 is 0 Å². The Kier molecular flexibility index (Phi) is 9.54. The molecular formula is C14H23O4P2. The molecule has 0 amide bonds. The minimum atomic E-state index is -1.75. The fourth-order valence-electron chi connectivity index (χ4n) is 2.02. The van der Waals surface area contributed by atoms with Gasteiger partial charge in [0.05, 0.1) is 0 Å². The van der Waals surface area contributed by atoms with Gasteiger partial charge in [0, 0.05) is 12.3 Å². The molecule has 1 rings (SSSR count). The molecular weight excluding hydrogens is 294 g/mol. The van der Waals surface area contributed by atoms with Crippen LogP contribution in [0.15, 0.2) is 18.2 Å². The maximum absolute atomic E-state index is 8.83. The second kappa shape index (κ2) is 10.6. The molecule has 1 radical (unpaired) electrons. The van der Waals surface area contributed by atoms with Crippen LogP contribution < -0.4 is 0 Å². The summed E-state index contributed by atoms with van der Waals surface area (Å²) in [4.78, 5) is 35.3. The van der Waals surface area contributed by atoms with Gasteiger partial charge in [-0.1, -0.05) is 18.2 Å². The zero-order valence-electron chi connectivity index (χ0n) is 11.6. The molecule has 0 bridgehead atoms. The van der Waals surface area contributed by atoms with Gasteiger partial charge in [-0.05, 0) is 55.7 Å². The van der Waals surface area contributed by atoms with Gasteiger partial charge >= 0.3 is 0 Å². The Bertz CT molecular complexity index is 341. The molecule has 0 saturated carbocycles. The zero-order chi connectivity index (χ0) is 14.8. The molecule has 0 aliphatic carbocycles. The van der Waals surface area contributed by atoms with Gasteiger partial charge < -0.3 is 19.6 Å². The highest BCUT2D eigenvalue weighted by molar-refractivity contribution is 7.45. The van der Waals surface area contributed by atoms with Crippen LogP contribution in [0.25, 0.3) is 0 Å². The van der Waals surface area contributed by atoms with Crippen molar-refractivity contribution >= 4 is 16.8 Å². The van der Waals surface area contributed by atoms with Crippen molar-refractivity contribution in [2.45, 2.75) is 38.5 Å². The van der Waals surface area contributed by atoms with Crippen LogP contribution in [0, 0.1) is 6.07 Å². The molecule has 0 spiro atoms. The lowest BCUT2D eigenvalue weighted by Crippen LogP contribution is -1.93. The molecule has 0 aliphatic heterocycles.